The van der Waals surface area contributed by atoms with Gasteiger partial charge in [0.05, 0.1) is 0 Å². The standard InChI is InChI=1S/C15H21N/c1-12-11-16(2)10-9-15(12)8-7-13-5-3-4-6-14(13)15/h3,5,7-8,12H,4,6,9-11H2,1-2H3/t12-,15?/m0/s1. The quantitative estimate of drug-likeness (QED) is 0.600. The number of piperidine rings is 1. The van der Waals surface area contributed by atoms with Crippen molar-refractivity contribution in [2.75, 3.05) is 20.1 Å². The molecule has 0 aromatic rings. The van der Waals surface area contributed by atoms with E-state index in [0.29, 0.717) is 5.41 Å². The van der Waals surface area contributed by atoms with Gasteiger partial charge in [-0.15, -0.1) is 0 Å². The molecule has 3 aliphatic rings. The SMILES string of the molecule is C[C@H]1CN(C)CCC12C=CC1=C2CCC=C1. The zero-order valence-electron chi connectivity index (χ0n) is 10.4. The van der Waals surface area contributed by atoms with Crippen molar-refractivity contribution in [1.82, 2.24) is 4.90 Å². The Labute approximate surface area is 98.5 Å². The van der Waals surface area contributed by atoms with Gasteiger partial charge in [0.25, 0.3) is 0 Å². The summed E-state index contributed by atoms with van der Waals surface area (Å²) >= 11 is 0. The Balaban J connectivity index is 1.97. The van der Waals surface area contributed by atoms with Gasteiger partial charge in [-0.3, -0.25) is 0 Å². The number of nitrogens with zero attached hydrogens (tertiary/aromatic N) is 1. The van der Waals surface area contributed by atoms with Crippen molar-refractivity contribution in [2.45, 2.75) is 26.2 Å². The maximum Gasteiger partial charge on any atom is 0.0153 e. The first-order valence-electron chi connectivity index (χ1n) is 6.50. The molecule has 1 saturated heterocycles. The summed E-state index contributed by atoms with van der Waals surface area (Å²) in [6, 6.07) is 0. The lowest BCUT2D eigenvalue weighted by molar-refractivity contribution is 0.124. The van der Waals surface area contributed by atoms with Gasteiger partial charge in [-0.05, 0) is 44.3 Å². The molecule has 0 saturated carbocycles. The first-order valence-corrected chi connectivity index (χ1v) is 6.50. The Kier molecular flexibility index (Phi) is 2.32. The molecule has 1 spiro atoms. The van der Waals surface area contributed by atoms with E-state index in [1.54, 1.807) is 5.57 Å². The monoisotopic (exact) mass is 215 g/mol. The minimum absolute atomic E-state index is 0.409. The highest BCUT2D eigenvalue weighted by molar-refractivity contribution is 5.50. The molecular weight excluding hydrogens is 194 g/mol. The second-order valence-corrected chi connectivity index (χ2v) is 5.66. The Morgan fingerprint density at radius 1 is 1.38 bits per heavy atom. The second-order valence-electron chi connectivity index (χ2n) is 5.66. The first kappa shape index (κ1) is 10.3. The first-order chi connectivity index (χ1) is 7.72. The lowest BCUT2D eigenvalue weighted by atomic mass is 9.66. The Bertz CT molecular complexity index is 388. The topological polar surface area (TPSA) is 3.24 Å². The van der Waals surface area contributed by atoms with Crippen LogP contribution in [0.1, 0.15) is 26.2 Å². The van der Waals surface area contributed by atoms with E-state index in [0.717, 1.165) is 5.92 Å². The van der Waals surface area contributed by atoms with E-state index in [4.69, 9.17) is 0 Å². The summed E-state index contributed by atoms with van der Waals surface area (Å²) in [6.45, 7) is 4.91. The molecule has 0 radical (unpaired) electrons. The Morgan fingerprint density at radius 3 is 3.06 bits per heavy atom. The average Bonchev–Trinajstić information content (AvgIpc) is 2.65. The molecular formula is C15H21N. The third kappa shape index (κ3) is 1.34. The number of hydrogen-bond donors (Lipinski definition) is 0. The van der Waals surface area contributed by atoms with E-state index in [1.807, 2.05) is 0 Å². The molecule has 1 heterocycles. The van der Waals surface area contributed by atoms with E-state index in [1.165, 1.54) is 37.9 Å². The molecule has 0 bridgehead atoms. The van der Waals surface area contributed by atoms with Crippen LogP contribution in [-0.2, 0) is 0 Å². The van der Waals surface area contributed by atoms with Crippen molar-refractivity contribution in [3.63, 3.8) is 0 Å². The zero-order valence-corrected chi connectivity index (χ0v) is 10.4. The highest BCUT2D eigenvalue weighted by atomic mass is 15.1. The molecule has 0 aromatic carbocycles. The molecule has 3 rings (SSSR count). The van der Waals surface area contributed by atoms with Crippen LogP contribution in [0.15, 0.2) is 35.5 Å². The predicted octanol–water partition coefficient (Wildman–Crippen LogP) is 3.16. The maximum absolute atomic E-state index is 2.50. The number of rotatable bonds is 0. The Hall–Kier alpha value is -0.820. The van der Waals surface area contributed by atoms with Crippen molar-refractivity contribution in [1.29, 1.82) is 0 Å². The summed E-state index contributed by atoms with van der Waals surface area (Å²) in [5, 5.41) is 0. The van der Waals surface area contributed by atoms with Crippen LogP contribution in [0, 0.1) is 11.3 Å². The molecule has 16 heavy (non-hydrogen) atoms. The minimum Gasteiger partial charge on any atom is -0.306 e. The van der Waals surface area contributed by atoms with Crippen LogP contribution < -0.4 is 0 Å². The van der Waals surface area contributed by atoms with E-state index < -0.39 is 0 Å². The van der Waals surface area contributed by atoms with Gasteiger partial charge < -0.3 is 4.90 Å². The van der Waals surface area contributed by atoms with Crippen molar-refractivity contribution in [3.05, 3.63) is 35.5 Å². The summed E-state index contributed by atoms with van der Waals surface area (Å²) in [6.07, 6.45) is 13.4. The van der Waals surface area contributed by atoms with Crippen molar-refractivity contribution < 1.29 is 0 Å². The van der Waals surface area contributed by atoms with Crippen molar-refractivity contribution in [2.24, 2.45) is 11.3 Å². The maximum atomic E-state index is 2.50. The molecule has 1 unspecified atom stereocenters. The lowest BCUT2D eigenvalue weighted by Crippen LogP contribution is -2.44. The molecule has 1 aliphatic heterocycles. The van der Waals surface area contributed by atoms with Gasteiger partial charge >= 0.3 is 0 Å². The van der Waals surface area contributed by atoms with E-state index in [2.05, 4.69) is 43.2 Å². The van der Waals surface area contributed by atoms with Crippen LogP contribution in [0.4, 0.5) is 0 Å². The Morgan fingerprint density at radius 2 is 2.25 bits per heavy atom. The number of fused-ring (bicyclic) bond motifs is 1. The summed E-state index contributed by atoms with van der Waals surface area (Å²) < 4.78 is 0. The molecule has 1 heteroatoms. The second kappa shape index (κ2) is 3.59. The number of hydrogen-bond acceptors (Lipinski definition) is 1. The van der Waals surface area contributed by atoms with E-state index in [9.17, 15) is 0 Å². The lowest BCUT2D eigenvalue weighted by Gasteiger charge is -2.45. The largest absolute Gasteiger partial charge is 0.306 e. The number of likely N-dealkylation sites (tertiary alicyclic amines) is 1. The van der Waals surface area contributed by atoms with Gasteiger partial charge in [0.2, 0.25) is 0 Å². The summed E-state index contributed by atoms with van der Waals surface area (Å²) in [4.78, 5) is 2.47. The van der Waals surface area contributed by atoms with E-state index >= 15 is 0 Å². The fourth-order valence-electron chi connectivity index (χ4n) is 3.72. The smallest absolute Gasteiger partial charge is 0.0153 e. The van der Waals surface area contributed by atoms with E-state index in [-0.39, 0.29) is 0 Å². The molecule has 0 N–H and O–H groups in total. The summed E-state index contributed by atoms with van der Waals surface area (Å²) in [5.74, 6) is 0.765. The molecule has 2 atom stereocenters. The van der Waals surface area contributed by atoms with Crippen LogP contribution in [0.2, 0.25) is 0 Å². The molecule has 2 aliphatic carbocycles. The molecule has 0 aromatic heterocycles. The van der Waals surface area contributed by atoms with Crippen molar-refractivity contribution >= 4 is 0 Å². The minimum atomic E-state index is 0.409. The van der Waals surface area contributed by atoms with Crippen LogP contribution >= 0.6 is 0 Å². The normalized spacial score (nSPS) is 38.5. The zero-order chi connectivity index (χ0) is 11.2. The van der Waals surface area contributed by atoms with Crippen LogP contribution in [0.3, 0.4) is 0 Å². The van der Waals surface area contributed by atoms with Crippen LogP contribution in [0.5, 0.6) is 0 Å². The summed E-state index contributed by atoms with van der Waals surface area (Å²) in [5.41, 5.74) is 3.66. The average molecular weight is 215 g/mol. The highest BCUT2D eigenvalue weighted by Crippen LogP contribution is 2.51. The predicted molar refractivity (Wildman–Crippen MR) is 68.3 cm³/mol. The van der Waals surface area contributed by atoms with Crippen LogP contribution in [0.25, 0.3) is 0 Å². The number of allylic oxidation sites excluding steroid dienone is 6. The fourth-order valence-corrected chi connectivity index (χ4v) is 3.72. The van der Waals surface area contributed by atoms with Gasteiger partial charge in [0.1, 0.15) is 0 Å². The third-order valence-corrected chi connectivity index (χ3v) is 4.70. The van der Waals surface area contributed by atoms with Crippen molar-refractivity contribution in [3.8, 4) is 0 Å². The van der Waals surface area contributed by atoms with Gasteiger partial charge in [-0.25, -0.2) is 0 Å². The highest BCUT2D eigenvalue weighted by Gasteiger charge is 2.43. The molecule has 0 amide bonds. The van der Waals surface area contributed by atoms with Gasteiger partial charge in [-0.1, -0.05) is 36.8 Å². The van der Waals surface area contributed by atoms with Crippen LogP contribution in [-0.4, -0.2) is 25.0 Å². The summed E-state index contributed by atoms with van der Waals surface area (Å²) in [7, 11) is 2.25. The fraction of sp³-hybridized carbons (Fsp3) is 0.600. The van der Waals surface area contributed by atoms with Gasteiger partial charge in [0.15, 0.2) is 0 Å². The van der Waals surface area contributed by atoms with Gasteiger partial charge in [0, 0.05) is 12.0 Å². The third-order valence-electron chi connectivity index (χ3n) is 4.70. The molecule has 86 valence electrons. The molecule has 1 fully saturated rings. The molecule has 1 nitrogen and oxygen atoms in total. The van der Waals surface area contributed by atoms with Gasteiger partial charge in [-0.2, -0.15) is 0 Å².